The molecule has 3 fully saturated rings. The van der Waals surface area contributed by atoms with Gasteiger partial charge in [0.15, 0.2) is 0 Å². The SMILES string of the molecule is CN(C1CCN(CCOCC(=O)OC(C)(C)C)CC1)C1CC(Oc2ccc3c(c2)C(=O)N([C@H]2CCC(=O)NC2=O)C3=O)C1. The van der Waals surface area contributed by atoms with Crippen LogP contribution < -0.4 is 10.1 Å². The summed E-state index contributed by atoms with van der Waals surface area (Å²) in [5, 5.41) is 2.21. The third kappa shape index (κ3) is 7.25. The van der Waals surface area contributed by atoms with Crippen LogP contribution in [0.25, 0.3) is 0 Å². The Morgan fingerprint density at radius 1 is 1.00 bits per heavy atom. The van der Waals surface area contributed by atoms with Crippen LogP contribution in [0.3, 0.4) is 0 Å². The Kier molecular flexibility index (Phi) is 9.19. The molecule has 12 heteroatoms. The van der Waals surface area contributed by atoms with Gasteiger partial charge in [0.1, 0.15) is 30.1 Å². The first-order valence-electron chi connectivity index (χ1n) is 15.2. The summed E-state index contributed by atoms with van der Waals surface area (Å²) in [6.07, 6.45) is 4.11. The molecule has 234 valence electrons. The third-order valence-corrected chi connectivity index (χ3v) is 8.68. The average Bonchev–Trinajstić information content (AvgIpc) is 3.16. The molecule has 0 bridgehead atoms. The Morgan fingerprint density at radius 2 is 1.70 bits per heavy atom. The van der Waals surface area contributed by atoms with Gasteiger partial charge in [-0.25, -0.2) is 4.79 Å². The van der Waals surface area contributed by atoms with Gasteiger partial charge >= 0.3 is 5.97 Å². The Balaban J connectivity index is 1.03. The minimum Gasteiger partial charge on any atom is -0.490 e. The number of hydrogen-bond donors (Lipinski definition) is 1. The summed E-state index contributed by atoms with van der Waals surface area (Å²) in [5.41, 5.74) is -0.0370. The molecule has 2 saturated heterocycles. The highest BCUT2D eigenvalue weighted by molar-refractivity contribution is 6.23. The van der Waals surface area contributed by atoms with E-state index in [9.17, 15) is 24.0 Å². The van der Waals surface area contributed by atoms with E-state index in [0.717, 1.165) is 50.2 Å². The number of imide groups is 2. The summed E-state index contributed by atoms with van der Waals surface area (Å²) in [6.45, 7) is 8.74. The summed E-state index contributed by atoms with van der Waals surface area (Å²) in [7, 11) is 2.17. The van der Waals surface area contributed by atoms with Crippen LogP contribution >= 0.6 is 0 Å². The van der Waals surface area contributed by atoms with Gasteiger partial charge in [0.05, 0.1) is 17.7 Å². The standard InChI is InChI=1S/C31H42N4O8/c1-31(2,3)43-27(37)18-41-14-13-34-11-9-19(10-12-34)33(4)20-15-22(16-20)42-21-5-6-23-24(17-21)30(40)35(29(23)39)25-7-8-26(36)32-28(25)38/h5-6,17,19-20,22,25H,7-16,18H2,1-4H3,(H,32,36,38)/t20?,22?,25-/m0/s1. The predicted octanol–water partition coefficient (Wildman–Crippen LogP) is 1.75. The number of benzene rings is 1. The summed E-state index contributed by atoms with van der Waals surface area (Å²) in [4.78, 5) is 67.4. The largest absolute Gasteiger partial charge is 0.490 e. The van der Waals surface area contributed by atoms with Crippen LogP contribution in [0.4, 0.5) is 0 Å². The van der Waals surface area contributed by atoms with Gasteiger partial charge < -0.3 is 24.0 Å². The second kappa shape index (κ2) is 12.7. The number of amides is 4. The number of piperidine rings is 2. The first kappa shape index (κ1) is 31.1. The smallest absolute Gasteiger partial charge is 0.332 e. The highest BCUT2D eigenvalue weighted by atomic mass is 16.6. The Bertz CT molecular complexity index is 1260. The lowest BCUT2D eigenvalue weighted by Crippen LogP contribution is -2.54. The fourth-order valence-electron chi connectivity index (χ4n) is 6.25. The maximum absolute atomic E-state index is 13.1. The molecule has 12 nitrogen and oxygen atoms in total. The van der Waals surface area contributed by atoms with Crippen LogP contribution in [-0.2, 0) is 23.9 Å². The van der Waals surface area contributed by atoms with Crippen molar-refractivity contribution in [3.8, 4) is 5.75 Å². The van der Waals surface area contributed by atoms with Crippen LogP contribution in [0.5, 0.6) is 5.75 Å². The molecule has 3 heterocycles. The van der Waals surface area contributed by atoms with Crippen molar-refractivity contribution in [3.05, 3.63) is 29.3 Å². The minimum absolute atomic E-state index is 0.0196. The monoisotopic (exact) mass is 598 g/mol. The van der Waals surface area contributed by atoms with Gasteiger partial charge in [-0.3, -0.25) is 29.4 Å². The van der Waals surface area contributed by atoms with E-state index in [1.54, 1.807) is 18.2 Å². The van der Waals surface area contributed by atoms with E-state index in [2.05, 4.69) is 22.2 Å². The second-order valence-electron chi connectivity index (χ2n) is 12.9. The molecule has 0 aromatic heterocycles. The fourth-order valence-corrected chi connectivity index (χ4v) is 6.25. The summed E-state index contributed by atoms with van der Waals surface area (Å²) < 4.78 is 17.0. The van der Waals surface area contributed by atoms with Gasteiger partial charge in [0.2, 0.25) is 11.8 Å². The summed E-state index contributed by atoms with van der Waals surface area (Å²) in [5.74, 6) is -1.90. The van der Waals surface area contributed by atoms with Gasteiger partial charge in [-0.1, -0.05) is 0 Å². The first-order valence-corrected chi connectivity index (χ1v) is 15.2. The molecule has 1 N–H and O–H groups in total. The van der Waals surface area contributed by atoms with Crippen LogP contribution in [0.1, 0.15) is 80.0 Å². The molecule has 0 spiro atoms. The minimum atomic E-state index is -0.984. The van der Waals surface area contributed by atoms with Gasteiger partial charge in [-0.05, 0) is 78.4 Å². The molecule has 0 radical (unpaired) electrons. The number of fused-ring (bicyclic) bond motifs is 1. The van der Waals surface area contributed by atoms with Crippen LogP contribution in [0.15, 0.2) is 18.2 Å². The quantitative estimate of drug-likeness (QED) is 0.241. The number of ether oxygens (including phenoxy) is 3. The number of esters is 1. The first-order chi connectivity index (χ1) is 20.4. The van der Waals surface area contributed by atoms with E-state index in [-0.39, 0.29) is 42.6 Å². The number of likely N-dealkylation sites (tertiary alicyclic amines) is 1. The van der Waals surface area contributed by atoms with Gasteiger partial charge in [0.25, 0.3) is 11.8 Å². The molecule has 1 atom stereocenters. The van der Waals surface area contributed by atoms with E-state index in [0.29, 0.717) is 24.4 Å². The van der Waals surface area contributed by atoms with E-state index in [1.807, 2.05) is 20.8 Å². The molecule has 4 aliphatic rings. The lowest BCUT2D eigenvalue weighted by molar-refractivity contribution is -0.160. The summed E-state index contributed by atoms with van der Waals surface area (Å²) >= 11 is 0. The predicted molar refractivity (Wildman–Crippen MR) is 154 cm³/mol. The maximum atomic E-state index is 13.1. The summed E-state index contributed by atoms with van der Waals surface area (Å²) in [6, 6.07) is 4.79. The van der Waals surface area contributed by atoms with Crippen molar-refractivity contribution in [1.82, 2.24) is 20.0 Å². The van der Waals surface area contributed by atoms with Crippen LogP contribution in [0, 0.1) is 0 Å². The van der Waals surface area contributed by atoms with Crippen molar-refractivity contribution in [2.75, 3.05) is 39.9 Å². The zero-order valence-corrected chi connectivity index (χ0v) is 25.4. The normalized spacial score (nSPS) is 25.0. The molecule has 3 aliphatic heterocycles. The van der Waals surface area contributed by atoms with E-state index >= 15 is 0 Å². The van der Waals surface area contributed by atoms with Crippen molar-refractivity contribution >= 4 is 29.6 Å². The Morgan fingerprint density at radius 3 is 2.37 bits per heavy atom. The maximum Gasteiger partial charge on any atom is 0.332 e. The van der Waals surface area contributed by atoms with Crippen molar-refractivity contribution in [2.45, 2.75) is 89.1 Å². The number of rotatable bonds is 10. The lowest BCUT2D eigenvalue weighted by Gasteiger charge is -2.46. The second-order valence-corrected chi connectivity index (χ2v) is 12.9. The van der Waals surface area contributed by atoms with Gasteiger partial charge in [-0.2, -0.15) is 0 Å². The van der Waals surface area contributed by atoms with Crippen molar-refractivity contribution < 1.29 is 38.2 Å². The molecule has 43 heavy (non-hydrogen) atoms. The average molecular weight is 599 g/mol. The molecule has 5 rings (SSSR count). The number of nitrogens with one attached hydrogen (secondary N) is 1. The molecule has 4 amide bonds. The zero-order valence-electron chi connectivity index (χ0n) is 25.4. The Hall–Kier alpha value is -3.35. The topological polar surface area (TPSA) is 135 Å². The molecule has 1 saturated carbocycles. The van der Waals surface area contributed by atoms with Crippen LogP contribution in [-0.4, -0.2) is 114 Å². The third-order valence-electron chi connectivity index (χ3n) is 8.68. The van der Waals surface area contributed by atoms with Gasteiger partial charge in [0, 0.05) is 37.9 Å². The number of carbonyl (C=O) groups is 5. The van der Waals surface area contributed by atoms with E-state index in [4.69, 9.17) is 14.2 Å². The molecule has 0 unspecified atom stereocenters. The zero-order chi connectivity index (χ0) is 30.9. The van der Waals surface area contributed by atoms with Crippen molar-refractivity contribution in [1.29, 1.82) is 0 Å². The highest BCUT2D eigenvalue weighted by Gasteiger charge is 2.45. The van der Waals surface area contributed by atoms with Gasteiger partial charge in [-0.15, -0.1) is 0 Å². The number of hydrogen-bond acceptors (Lipinski definition) is 10. The van der Waals surface area contributed by atoms with E-state index in [1.165, 1.54) is 0 Å². The van der Waals surface area contributed by atoms with Crippen molar-refractivity contribution in [2.24, 2.45) is 0 Å². The number of carbonyl (C=O) groups excluding carboxylic acids is 5. The highest BCUT2D eigenvalue weighted by Crippen LogP contribution is 2.35. The Labute approximate surface area is 252 Å². The molecule has 1 aromatic carbocycles. The molecular weight excluding hydrogens is 556 g/mol. The lowest BCUT2D eigenvalue weighted by atomic mass is 9.86. The molecule has 1 aromatic rings. The fraction of sp³-hybridized carbons (Fsp3) is 0.645. The van der Waals surface area contributed by atoms with Crippen molar-refractivity contribution in [3.63, 3.8) is 0 Å². The van der Waals surface area contributed by atoms with Crippen LogP contribution in [0.2, 0.25) is 0 Å². The number of nitrogens with zero attached hydrogens (tertiary/aromatic N) is 3. The molecular formula is C31H42N4O8. The molecule has 1 aliphatic carbocycles. The van der Waals surface area contributed by atoms with E-state index < -0.39 is 35.3 Å².